The van der Waals surface area contributed by atoms with Crippen molar-refractivity contribution in [1.82, 2.24) is 5.32 Å². The smallest absolute Gasteiger partial charge is 0.323 e. The second-order valence-corrected chi connectivity index (χ2v) is 5.60. The number of carboxylic acid groups (broad SMARTS) is 1. The Balaban J connectivity index is 1.67. The molecule has 0 radical (unpaired) electrons. The Bertz CT molecular complexity index is 437. The first-order valence-electron chi connectivity index (χ1n) is 6.77. The number of hydrogen-bond donors (Lipinski definition) is 2. The van der Waals surface area contributed by atoms with Crippen LogP contribution >= 0.6 is 0 Å². The van der Waals surface area contributed by atoms with Crippen molar-refractivity contribution in [3.8, 4) is 0 Å². The molecule has 0 spiro atoms. The molecule has 3 rings (SSSR count). The summed E-state index contributed by atoms with van der Waals surface area (Å²) in [5.74, 6) is -0.165. The standard InChI is InChI=1S/C15H19NO2/c17-14(18)15(8-4-5-9-15)16-13-10-12(13)11-6-2-1-3-7-11/h1-3,6-7,12-13,16H,4-5,8-10H2,(H,17,18). The quantitative estimate of drug-likeness (QED) is 0.857. The van der Waals surface area contributed by atoms with E-state index in [1.807, 2.05) is 18.2 Å². The van der Waals surface area contributed by atoms with Crippen molar-refractivity contribution in [2.45, 2.75) is 49.6 Å². The van der Waals surface area contributed by atoms with Gasteiger partial charge in [0.25, 0.3) is 0 Å². The first kappa shape index (κ1) is 11.7. The lowest BCUT2D eigenvalue weighted by Gasteiger charge is -2.25. The van der Waals surface area contributed by atoms with Gasteiger partial charge >= 0.3 is 5.97 Å². The average molecular weight is 245 g/mol. The SMILES string of the molecule is O=C(O)C1(NC2CC2c2ccccc2)CCCC1. The number of carbonyl (C=O) groups is 1. The van der Waals surface area contributed by atoms with E-state index in [1.165, 1.54) is 5.56 Å². The molecule has 3 heteroatoms. The minimum Gasteiger partial charge on any atom is -0.480 e. The Labute approximate surface area is 107 Å². The molecule has 3 nitrogen and oxygen atoms in total. The summed E-state index contributed by atoms with van der Waals surface area (Å²) in [5.41, 5.74) is 0.683. The highest BCUT2D eigenvalue weighted by Gasteiger charge is 2.48. The molecule has 2 saturated carbocycles. The summed E-state index contributed by atoms with van der Waals surface area (Å²) in [5, 5.41) is 12.8. The van der Waals surface area contributed by atoms with Crippen molar-refractivity contribution < 1.29 is 9.90 Å². The first-order chi connectivity index (χ1) is 8.71. The second-order valence-electron chi connectivity index (χ2n) is 5.60. The monoisotopic (exact) mass is 245 g/mol. The third-order valence-corrected chi connectivity index (χ3v) is 4.35. The predicted molar refractivity (Wildman–Crippen MR) is 69.6 cm³/mol. The maximum Gasteiger partial charge on any atom is 0.323 e. The van der Waals surface area contributed by atoms with Crippen LogP contribution in [0.25, 0.3) is 0 Å². The van der Waals surface area contributed by atoms with Crippen LogP contribution in [0.2, 0.25) is 0 Å². The fourth-order valence-electron chi connectivity index (χ4n) is 3.18. The zero-order chi connectivity index (χ0) is 12.6. The molecule has 18 heavy (non-hydrogen) atoms. The molecule has 2 unspecified atom stereocenters. The van der Waals surface area contributed by atoms with Crippen molar-refractivity contribution in [3.05, 3.63) is 35.9 Å². The van der Waals surface area contributed by atoms with Gasteiger partial charge in [0.15, 0.2) is 0 Å². The van der Waals surface area contributed by atoms with Crippen LogP contribution in [0.3, 0.4) is 0 Å². The van der Waals surface area contributed by atoms with Crippen LogP contribution in [0.5, 0.6) is 0 Å². The van der Waals surface area contributed by atoms with Gasteiger partial charge in [0.1, 0.15) is 5.54 Å². The molecular weight excluding hydrogens is 226 g/mol. The van der Waals surface area contributed by atoms with Gasteiger partial charge < -0.3 is 5.11 Å². The van der Waals surface area contributed by atoms with Crippen LogP contribution < -0.4 is 5.32 Å². The molecule has 0 aliphatic heterocycles. The number of hydrogen-bond acceptors (Lipinski definition) is 2. The topological polar surface area (TPSA) is 49.3 Å². The van der Waals surface area contributed by atoms with E-state index in [0.29, 0.717) is 12.0 Å². The van der Waals surface area contributed by atoms with E-state index in [-0.39, 0.29) is 0 Å². The van der Waals surface area contributed by atoms with E-state index in [0.717, 1.165) is 32.1 Å². The van der Waals surface area contributed by atoms with E-state index in [1.54, 1.807) is 0 Å². The summed E-state index contributed by atoms with van der Waals surface area (Å²) in [7, 11) is 0. The van der Waals surface area contributed by atoms with E-state index in [4.69, 9.17) is 0 Å². The van der Waals surface area contributed by atoms with Crippen LogP contribution in [-0.2, 0) is 4.79 Å². The van der Waals surface area contributed by atoms with Crippen LogP contribution in [-0.4, -0.2) is 22.7 Å². The Morgan fingerprint density at radius 1 is 1.22 bits per heavy atom. The summed E-state index contributed by atoms with van der Waals surface area (Å²) >= 11 is 0. The number of nitrogens with one attached hydrogen (secondary N) is 1. The number of rotatable bonds is 4. The van der Waals surface area contributed by atoms with Crippen LogP contribution in [0.4, 0.5) is 0 Å². The molecule has 2 atom stereocenters. The molecule has 0 saturated heterocycles. The Kier molecular flexibility index (Phi) is 2.86. The molecule has 2 fully saturated rings. The third kappa shape index (κ3) is 2.03. The van der Waals surface area contributed by atoms with Crippen LogP contribution in [0.1, 0.15) is 43.6 Å². The molecule has 0 heterocycles. The Hall–Kier alpha value is -1.35. The van der Waals surface area contributed by atoms with E-state index in [2.05, 4.69) is 17.4 Å². The van der Waals surface area contributed by atoms with Gasteiger partial charge in [-0.3, -0.25) is 10.1 Å². The Morgan fingerprint density at radius 3 is 2.50 bits per heavy atom. The first-order valence-corrected chi connectivity index (χ1v) is 6.77. The van der Waals surface area contributed by atoms with Gasteiger partial charge in [-0.1, -0.05) is 43.2 Å². The highest BCUT2D eigenvalue weighted by Crippen LogP contribution is 2.43. The minimum atomic E-state index is -0.668. The number of aliphatic carboxylic acids is 1. The summed E-state index contributed by atoms with van der Waals surface area (Å²) in [6.45, 7) is 0. The van der Waals surface area contributed by atoms with Gasteiger partial charge in [0.2, 0.25) is 0 Å². The summed E-state index contributed by atoms with van der Waals surface area (Å²) in [6.07, 6.45) is 4.68. The molecule has 2 aliphatic carbocycles. The van der Waals surface area contributed by atoms with E-state index >= 15 is 0 Å². The van der Waals surface area contributed by atoms with Crippen molar-refractivity contribution >= 4 is 5.97 Å². The largest absolute Gasteiger partial charge is 0.480 e. The fraction of sp³-hybridized carbons (Fsp3) is 0.533. The molecule has 1 aromatic carbocycles. The van der Waals surface area contributed by atoms with Gasteiger partial charge in [-0.15, -0.1) is 0 Å². The van der Waals surface area contributed by atoms with E-state index < -0.39 is 11.5 Å². The minimum absolute atomic E-state index is 0.349. The van der Waals surface area contributed by atoms with Crippen molar-refractivity contribution in [2.24, 2.45) is 0 Å². The molecule has 2 aliphatic rings. The maximum atomic E-state index is 11.5. The zero-order valence-electron chi connectivity index (χ0n) is 10.4. The molecule has 1 aromatic rings. The highest BCUT2D eigenvalue weighted by atomic mass is 16.4. The lowest BCUT2D eigenvalue weighted by Crippen LogP contribution is -2.51. The fourth-order valence-corrected chi connectivity index (χ4v) is 3.18. The Morgan fingerprint density at radius 2 is 1.89 bits per heavy atom. The van der Waals surface area contributed by atoms with E-state index in [9.17, 15) is 9.90 Å². The van der Waals surface area contributed by atoms with Crippen molar-refractivity contribution in [3.63, 3.8) is 0 Å². The second kappa shape index (κ2) is 4.39. The average Bonchev–Trinajstić information content (AvgIpc) is 2.96. The van der Waals surface area contributed by atoms with Gasteiger partial charge in [-0.2, -0.15) is 0 Å². The van der Waals surface area contributed by atoms with Crippen molar-refractivity contribution in [1.29, 1.82) is 0 Å². The lowest BCUT2D eigenvalue weighted by atomic mass is 9.97. The van der Waals surface area contributed by atoms with Gasteiger partial charge in [0, 0.05) is 12.0 Å². The maximum absolute atomic E-state index is 11.5. The molecule has 96 valence electrons. The van der Waals surface area contributed by atoms with Gasteiger partial charge in [-0.05, 0) is 24.8 Å². The van der Waals surface area contributed by atoms with Gasteiger partial charge in [0.05, 0.1) is 0 Å². The van der Waals surface area contributed by atoms with Crippen LogP contribution in [0, 0.1) is 0 Å². The lowest BCUT2D eigenvalue weighted by molar-refractivity contribution is -0.144. The van der Waals surface area contributed by atoms with Crippen LogP contribution in [0.15, 0.2) is 30.3 Å². The molecular formula is C15H19NO2. The summed E-state index contributed by atoms with van der Waals surface area (Å²) in [4.78, 5) is 11.5. The molecule has 0 aromatic heterocycles. The molecule has 0 amide bonds. The highest BCUT2D eigenvalue weighted by molar-refractivity contribution is 5.79. The summed E-state index contributed by atoms with van der Waals surface area (Å²) in [6, 6.07) is 10.7. The number of carboxylic acids is 1. The summed E-state index contributed by atoms with van der Waals surface area (Å²) < 4.78 is 0. The molecule has 0 bridgehead atoms. The predicted octanol–water partition coefficient (Wildman–Crippen LogP) is 2.53. The number of benzene rings is 1. The third-order valence-electron chi connectivity index (χ3n) is 4.35. The zero-order valence-corrected chi connectivity index (χ0v) is 10.4. The molecule has 2 N–H and O–H groups in total. The normalized spacial score (nSPS) is 29.1. The van der Waals surface area contributed by atoms with Gasteiger partial charge in [-0.25, -0.2) is 0 Å². The van der Waals surface area contributed by atoms with Crippen molar-refractivity contribution in [2.75, 3.05) is 0 Å².